The minimum absolute atomic E-state index is 0.0353. The predicted molar refractivity (Wildman–Crippen MR) is 64.3 cm³/mol. The Kier molecular flexibility index (Phi) is 6.32. The highest BCUT2D eigenvalue weighted by atomic mass is 16.7. The van der Waals surface area contributed by atoms with Gasteiger partial charge in [-0.15, -0.1) is 0 Å². The van der Waals surface area contributed by atoms with Crippen LogP contribution in [0.25, 0.3) is 0 Å². The molecule has 0 radical (unpaired) electrons. The number of ether oxygens (including phenoxy) is 2. The van der Waals surface area contributed by atoms with E-state index in [9.17, 15) is 5.11 Å². The van der Waals surface area contributed by atoms with Gasteiger partial charge in [-0.3, -0.25) is 0 Å². The van der Waals surface area contributed by atoms with Gasteiger partial charge in [0.1, 0.15) is 0 Å². The first-order valence-corrected chi connectivity index (χ1v) is 6.70. The van der Waals surface area contributed by atoms with Crippen LogP contribution in [-0.2, 0) is 9.47 Å². The van der Waals surface area contributed by atoms with Crippen LogP contribution in [0.1, 0.15) is 59.3 Å². The van der Waals surface area contributed by atoms with E-state index in [0.29, 0.717) is 0 Å². The molecule has 0 bridgehead atoms. The molecule has 0 aromatic carbocycles. The molecule has 0 aromatic rings. The zero-order valence-electron chi connectivity index (χ0n) is 10.8. The minimum atomic E-state index is -0.345. The number of aliphatic hydroxyl groups excluding tert-OH is 1. The summed E-state index contributed by atoms with van der Waals surface area (Å²) in [7, 11) is 0. The van der Waals surface area contributed by atoms with Gasteiger partial charge in [0.15, 0.2) is 6.29 Å². The molecular formula is C13H26O3. The van der Waals surface area contributed by atoms with Crippen molar-refractivity contribution in [2.75, 3.05) is 0 Å². The molecule has 1 heterocycles. The molecular weight excluding hydrogens is 204 g/mol. The van der Waals surface area contributed by atoms with Gasteiger partial charge in [0.25, 0.3) is 0 Å². The Morgan fingerprint density at radius 3 is 2.38 bits per heavy atom. The highest BCUT2D eigenvalue weighted by molar-refractivity contribution is 4.77. The lowest BCUT2D eigenvalue weighted by Crippen LogP contribution is -2.43. The average Bonchev–Trinajstić information content (AvgIpc) is 2.28. The maximum atomic E-state index is 9.87. The summed E-state index contributed by atoms with van der Waals surface area (Å²) in [4.78, 5) is 0. The van der Waals surface area contributed by atoms with E-state index in [1.165, 1.54) is 0 Å². The Labute approximate surface area is 99.1 Å². The zero-order valence-corrected chi connectivity index (χ0v) is 10.8. The first-order chi connectivity index (χ1) is 7.71. The first-order valence-electron chi connectivity index (χ1n) is 6.70. The van der Waals surface area contributed by atoms with E-state index in [1.54, 1.807) is 0 Å². The summed E-state index contributed by atoms with van der Waals surface area (Å²) in [6.45, 7) is 6.29. The largest absolute Gasteiger partial charge is 0.390 e. The van der Waals surface area contributed by atoms with Crippen molar-refractivity contribution >= 4 is 0 Å². The smallest absolute Gasteiger partial charge is 0.158 e. The van der Waals surface area contributed by atoms with Gasteiger partial charge in [-0.1, -0.05) is 33.6 Å². The highest BCUT2D eigenvalue weighted by Gasteiger charge is 2.32. The lowest BCUT2D eigenvalue weighted by molar-refractivity contribution is -0.262. The third-order valence-corrected chi connectivity index (χ3v) is 3.15. The second-order valence-electron chi connectivity index (χ2n) is 4.65. The van der Waals surface area contributed by atoms with Crippen LogP contribution >= 0.6 is 0 Å². The van der Waals surface area contributed by atoms with E-state index >= 15 is 0 Å². The maximum absolute atomic E-state index is 9.87. The van der Waals surface area contributed by atoms with Crippen LogP contribution in [0, 0.1) is 0 Å². The number of aliphatic hydroxyl groups is 1. The first kappa shape index (κ1) is 13.9. The average molecular weight is 230 g/mol. The summed E-state index contributed by atoms with van der Waals surface area (Å²) in [6.07, 6.45) is 5.53. The summed E-state index contributed by atoms with van der Waals surface area (Å²) < 4.78 is 11.6. The normalized spacial score (nSPS) is 32.6. The molecule has 1 aliphatic heterocycles. The second-order valence-corrected chi connectivity index (χ2v) is 4.65. The molecule has 3 heteroatoms. The Balaban J connectivity index is 2.51. The van der Waals surface area contributed by atoms with Crippen LogP contribution in [0.15, 0.2) is 0 Å². The molecule has 1 saturated heterocycles. The molecule has 4 atom stereocenters. The molecule has 1 rings (SSSR count). The fraction of sp³-hybridized carbons (Fsp3) is 1.00. The minimum Gasteiger partial charge on any atom is -0.390 e. The Morgan fingerprint density at radius 2 is 1.81 bits per heavy atom. The topological polar surface area (TPSA) is 38.7 Å². The monoisotopic (exact) mass is 230 g/mol. The van der Waals surface area contributed by atoms with Crippen LogP contribution in [-0.4, -0.2) is 29.7 Å². The van der Waals surface area contributed by atoms with E-state index < -0.39 is 0 Å². The zero-order chi connectivity index (χ0) is 12.0. The van der Waals surface area contributed by atoms with E-state index in [1.807, 2.05) is 6.92 Å². The van der Waals surface area contributed by atoms with Gasteiger partial charge in [-0.05, 0) is 19.3 Å². The van der Waals surface area contributed by atoms with Gasteiger partial charge in [-0.2, -0.15) is 0 Å². The van der Waals surface area contributed by atoms with Crippen LogP contribution in [0.2, 0.25) is 0 Å². The molecule has 0 aliphatic carbocycles. The SMILES string of the molecule is CCCC1CC(C(O)CC)OC(CCC)O1. The predicted octanol–water partition coefficient (Wildman–Crippen LogP) is 2.86. The number of hydrogen-bond acceptors (Lipinski definition) is 3. The fourth-order valence-electron chi connectivity index (χ4n) is 2.20. The van der Waals surface area contributed by atoms with E-state index in [4.69, 9.17) is 9.47 Å². The van der Waals surface area contributed by atoms with Gasteiger partial charge >= 0.3 is 0 Å². The van der Waals surface area contributed by atoms with Crippen LogP contribution in [0.3, 0.4) is 0 Å². The Bertz CT molecular complexity index is 170. The van der Waals surface area contributed by atoms with Crippen LogP contribution in [0.5, 0.6) is 0 Å². The van der Waals surface area contributed by atoms with Gasteiger partial charge < -0.3 is 14.6 Å². The van der Waals surface area contributed by atoms with Crippen LogP contribution < -0.4 is 0 Å². The third-order valence-electron chi connectivity index (χ3n) is 3.15. The standard InChI is InChI=1S/C13H26O3/c1-4-7-10-9-12(11(14)6-3)16-13(15-10)8-5-2/h10-14H,4-9H2,1-3H3. The molecule has 0 amide bonds. The van der Waals surface area contributed by atoms with Gasteiger partial charge in [-0.25, -0.2) is 0 Å². The summed E-state index contributed by atoms with van der Waals surface area (Å²) in [5.74, 6) is 0. The number of hydrogen-bond donors (Lipinski definition) is 1. The lowest BCUT2D eigenvalue weighted by atomic mass is 10.00. The fourth-order valence-corrected chi connectivity index (χ4v) is 2.20. The van der Waals surface area contributed by atoms with Crippen molar-refractivity contribution in [3.63, 3.8) is 0 Å². The maximum Gasteiger partial charge on any atom is 0.158 e. The molecule has 0 aromatic heterocycles. The molecule has 16 heavy (non-hydrogen) atoms. The van der Waals surface area contributed by atoms with Crippen molar-refractivity contribution in [1.29, 1.82) is 0 Å². The van der Waals surface area contributed by atoms with Crippen molar-refractivity contribution in [1.82, 2.24) is 0 Å². The Hall–Kier alpha value is -0.120. The second kappa shape index (κ2) is 7.25. The quantitative estimate of drug-likeness (QED) is 0.762. The van der Waals surface area contributed by atoms with Crippen molar-refractivity contribution in [3.8, 4) is 0 Å². The molecule has 96 valence electrons. The Morgan fingerprint density at radius 1 is 1.12 bits per heavy atom. The van der Waals surface area contributed by atoms with Gasteiger partial charge in [0.2, 0.25) is 0 Å². The molecule has 1 N–H and O–H groups in total. The lowest BCUT2D eigenvalue weighted by Gasteiger charge is -2.37. The van der Waals surface area contributed by atoms with Crippen molar-refractivity contribution in [2.45, 2.75) is 83.9 Å². The van der Waals surface area contributed by atoms with Gasteiger partial charge in [0.05, 0.1) is 18.3 Å². The molecule has 1 aliphatic rings. The molecule has 4 unspecified atom stereocenters. The van der Waals surface area contributed by atoms with Gasteiger partial charge in [0, 0.05) is 6.42 Å². The van der Waals surface area contributed by atoms with Crippen LogP contribution in [0.4, 0.5) is 0 Å². The third kappa shape index (κ3) is 4.04. The van der Waals surface area contributed by atoms with Crippen molar-refractivity contribution < 1.29 is 14.6 Å². The molecule has 3 nitrogen and oxygen atoms in total. The van der Waals surface area contributed by atoms with Crippen molar-refractivity contribution in [2.24, 2.45) is 0 Å². The summed E-state index contributed by atoms with van der Waals surface area (Å²) in [5, 5.41) is 9.87. The van der Waals surface area contributed by atoms with E-state index in [0.717, 1.165) is 38.5 Å². The summed E-state index contributed by atoms with van der Waals surface area (Å²) >= 11 is 0. The molecule has 0 spiro atoms. The van der Waals surface area contributed by atoms with Crippen molar-refractivity contribution in [3.05, 3.63) is 0 Å². The number of rotatable bonds is 6. The molecule has 0 saturated carbocycles. The van der Waals surface area contributed by atoms with E-state index in [2.05, 4.69) is 13.8 Å². The van der Waals surface area contributed by atoms with E-state index in [-0.39, 0.29) is 24.6 Å². The summed E-state index contributed by atoms with van der Waals surface area (Å²) in [6, 6.07) is 0. The summed E-state index contributed by atoms with van der Waals surface area (Å²) in [5.41, 5.74) is 0. The highest BCUT2D eigenvalue weighted by Crippen LogP contribution is 2.26. The molecule has 1 fully saturated rings.